The number of nitrogens with one attached hydrogen (secondary N) is 1. The lowest BCUT2D eigenvalue weighted by atomic mass is 9.97. The van der Waals surface area contributed by atoms with E-state index in [1.54, 1.807) is 12.5 Å². The summed E-state index contributed by atoms with van der Waals surface area (Å²) in [5.74, 6) is 2.66. The largest absolute Gasteiger partial charge is 0.457 e. The summed E-state index contributed by atoms with van der Waals surface area (Å²) in [6, 6.07) is 11.7. The molecule has 4 heterocycles. The molecule has 0 spiro atoms. The number of benzene rings is 2. The van der Waals surface area contributed by atoms with Crippen LogP contribution in [0.2, 0.25) is 0 Å². The number of aryl methyl sites for hydroxylation is 2. The predicted octanol–water partition coefficient (Wildman–Crippen LogP) is 4.89. The minimum Gasteiger partial charge on any atom is -0.457 e. The summed E-state index contributed by atoms with van der Waals surface area (Å²) in [7, 11) is 1.97. The highest BCUT2D eigenvalue weighted by molar-refractivity contribution is 5.87. The minimum absolute atomic E-state index is 0.0467. The van der Waals surface area contributed by atoms with Crippen molar-refractivity contribution in [2.45, 2.75) is 45.3 Å². The zero-order chi connectivity index (χ0) is 26.4. The van der Waals surface area contributed by atoms with Crippen molar-refractivity contribution in [3.05, 3.63) is 60.8 Å². The van der Waals surface area contributed by atoms with Gasteiger partial charge in [0.2, 0.25) is 5.95 Å². The first kappa shape index (κ1) is 24.1. The number of hydrogen-bond acceptors (Lipinski definition) is 9. The van der Waals surface area contributed by atoms with Crippen LogP contribution in [-0.4, -0.2) is 52.8 Å². The fraction of sp³-hybridized carbons (Fsp3) is 0.321. The van der Waals surface area contributed by atoms with Gasteiger partial charge in [-0.3, -0.25) is 0 Å². The maximum Gasteiger partial charge on any atom is 0.226 e. The third-order valence-electron chi connectivity index (χ3n) is 7.05. The van der Waals surface area contributed by atoms with Crippen molar-refractivity contribution in [1.29, 1.82) is 0 Å². The number of fused-ring (bicyclic) bond motifs is 2. The van der Waals surface area contributed by atoms with Gasteiger partial charge >= 0.3 is 0 Å². The van der Waals surface area contributed by atoms with Gasteiger partial charge in [0.15, 0.2) is 5.82 Å². The smallest absolute Gasteiger partial charge is 0.226 e. The van der Waals surface area contributed by atoms with E-state index < -0.39 is 5.60 Å². The van der Waals surface area contributed by atoms with Crippen LogP contribution >= 0.6 is 0 Å². The minimum atomic E-state index is -0.853. The Kier molecular flexibility index (Phi) is 5.83. The van der Waals surface area contributed by atoms with Gasteiger partial charge in [-0.2, -0.15) is 0 Å². The maximum absolute atomic E-state index is 10.7. The molecule has 1 aliphatic heterocycles. The van der Waals surface area contributed by atoms with Gasteiger partial charge in [-0.05, 0) is 69.5 Å². The average Bonchev–Trinajstić information content (AvgIpc) is 3.53. The van der Waals surface area contributed by atoms with E-state index in [-0.39, 0.29) is 6.04 Å². The van der Waals surface area contributed by atoms with Gasteiger partial charge in [-0.1, -0.05) is 0 Å². The molecule has 0 radical (unpaired) electrons. The van der Waals surface area contributed by atoms with Crippen LogP contribution < -0.4 is 15.0 Å². The molecule has 1 atom stereocenters. The Hall–Kier alpha value is -4.31. The molecule has 0 amide bonds. The van der Waals surface area contributed by atoms with E-state index in [0.717, 1.165) is 53.2 Å². The Balaban J connectivity index is 1.26. The summed E-state index contributed by atoms with van der Waals surface area (Å²) in [5, 5.41) is 14.0. The molecule has 0 saturated carbocycles. The molecular weight excluding hydrogens is 480 g/mol. The molecule has 1 saturated heterocycles. The highest BCUT2D eigenvalue weighted by atomic mass is 16.5. The summed E-state index contributed by atoms with van der Waals surface area (Å²) in [4.78, 5) is 24.7. The molecule has 1 fully saturated rings. The lowest BCUT2D eigenvalue weighted by Gasteiger charge is -2.33. The summed E-state index contributed by atoms with van der Waals surface area (Å²) < 4.78 is 8.14. The van der Waals surface area contributed by atoms with Crippen molar-refractivity contribution in [3.8, 4) is 11.5 Å². The van der Waals surface area contributed by atoms with Crippen LogP contribution in [0.4, 0.5) is 17.5 Å². The van der Waals surface area contributed by atoms with Crippen molar-refractivity contribution in [2.75, 3.05) is 16.8 Å². The van der Waals surface area contributed by atoms with Gasteiger partial charge in [-0.15, -0.1) is 0 Å². The third-order valence-corrected chi connectivity index (χ3v) is 7.05. The van der Waals surface area contributed by atoms with Crippen LogP contribution in [0.15, 0.2) is 55.2 Å². The van der Waals surface area contributed by atoms with Gasteiger partial charge in [0, 0.05) is 25.3 Å². The number of ether oxygens (including phenoxy) is 1. The first-order valence-electron chi connectivity index (χ1n) is 12.7. The second kappa shape index (κ2) is 9.21. The van der Waals surface area contributed by atoms with E-state index in [9.17, 15) is 5.11 Å². The topological polar surface area (TPSA) is 114 Å². The summed E-state index contributed by atoms with van der Waals surface area (Å²) in [5.41, 5.74) is 4.18. The number of rotatable bonds is 6. The van der Waals surface area contributed by atoms with Crippen molar-refractivity contribution in [3.63, 3.8) is 0 Å². The highest BCUT2D eigenvalue weighted by Gasteiger charge is 2.37. The summed E-state index contributed by atoms with van der Waals surface area (Å²) >= 11 is 0. The van der Waals surface area contributed by atoms with Crippen LogP contribution in [0.1, 0.15) is 32.3 Å². The fourth-order valence-electron chi connectivity index (χ4n) is 5.10. The zero-order valence-corrected chi connectivity index (χ0v) is 21.9. The molecule has 194 valence electrons. The van der Waals surface area contributed by atoms with Crippen LogP contribution in [0.5, 0.6) is 11.5 Å². The summed E-state index contributed by atoms with van der Waals surface area (Å²) in [6.45, 7) is 6.46. The number of aliphatic hydroxyl groups is 1. The van der Waals surface area contributed by atoms with Crippen LogP contribution in [0, 0.1) is 6.92 Å². The molecule has 1 aliphatic rings. The first-order chi connectivity index (χ1) is 18.3. The van der Waals surface area contributed by atoms with Gasteiger partial charge in [0.05, 0.1) is 35.2 Å². The Morgan fingerprint density at radius 1 is 1.05 bits per heavy atom. The van der Waals surface area contributed by atoms with Gasteiger partial charge in [-0.25, -0.2) is 24.9 Å². The lowest BCUT2D eigenvalue weighted by molar-refractivity contribution is 0.0531. The molecule has 3 aromatic heterocycles. The van der Waals surface area contributed by atoms with E-state index >= 15 is 0 Å². The number of aromatic nitrogens is 6. The van der Waals surface area contributed by atoms with Crippen molar-refractivity contribution < 1.29 is 9.84 Å². The number of hydrogen-bond donors (Lipinski definition) is 2. The number of nitrogens with zero attached hydrogens (tertiary/aromatic N) is 7. The Morgan fingerprint density at radius 3 is 2.74 bits per heavy atom. The quantitative estimate of drug-likeness (QED) is 0.329. The van der Waals surface area contributed by atoms with E-state index in [1.807, 2.05) is 68.8 Å². The van der Waals surface area contributed by atoms with Crippen molar-refractivity contribution in [2.24, 2.45) is 7.05 Å². The van der Waals surface area contributed by atoms with Crippen molar-refractivity contribution >= 4 is 39.5 Å². The molecule has 2 aromatic carbocycles. The monoisotopic (exact) mass is 510 g/mol. The fourth-order valence-corrected chi connectivity index (χ4v) is 5.10. The molecule has 5 aromatic rings. The molecule has 10 heteroatoms. The molecule has 2 N–H and O–H groups in total. The van der Waals surface area contributed by atoms with Gasteiger partial charge in [0.1, 0.15) is 28.9 Å². The average molecular weight is 511 g/mol. The summed E-state index contributed by atoms with van der Waals surface area (Å²) in [6.07, 6.45) is 6.88. The Bertz CT molecular complexity index is 1640. The highest BCUT2D eigenvalue weighted by Crippen LogP contribution is 2.33. The molecule has 6 rings (SSSR count). The van der Waals surface area contributed by atoms with Crippen molar-refractivity contribution in [1.82, 2.24) is 29.5 Å². The SMILES string of the molecule is Cc1cc(Nc2ncnc3cnc(N4CCC[C@H]4C(C)(C)O)nc23)ccc1Oc1ccc2c(c1)ncn2C. The maximum atomic E-state index is 10.7. The van der Waals surface area contributed by atoms with Gasteiger partial charge in [0.25, 0.3) is 0 Å². The van der Waals surface area contributed by atoms with E-state index in [0.29, 0.717) is 22.8 Å². The first-order valence-corrected chi connectivity index (χ1v) is 12.7. The van der Waals surface area contributed by atoms with E-state index in [1.165, 1.54) is 6.33 Å². The molecule has 10 nitrogen and oxygen atoms in total. The predicted molar refractivity (Wildman–Crippen MR) is 147 cm³/mol. The number of imidazole rings is 1. The normalized spacial score (nSPS) is 15.9. The Morgan fingerprint density at radius 2 is 1.92 bits per heavy atom. The van der Waals surface area contributed by atoms with Crippen LogP contribution in [-0.2, 0) is 7.05 Å². The molecule has 0 bridgehead atoms. The van der Waals surface area contributed by atoms with E-state index in [2.05, 4.69) is 30.2 Å². The van der Waals surface area contributed by atoms with Crippen LogP contribution in [0.25, 0.3) is 22.1 Å². The van der Waals surface area contributed by atoms with Gasteiger partial charge < -0.3 is 24.6 Å². The molecular formula is C28H30N8O2. The molecule has 0 unspecified atom stereocenters. The molecule has 0 aliphatic carbocycles. The van der Waals surface area contributed by atoms with E-state index in [4.69, 9.17) is 9.72 Å². The van der Waals surface area contributed by atoms with Crippen LogP contribution in [0.3, 0.4) is 0 Å². The lowest BCUT2D eigenvalue weighted by Crippen LogP contribution is -2.46. The second-order valence-electron chi connectivity index (χ2n) is 10.3. The Labute approximate surface area is 220 Å². The zero-order valence-electron chi connectivity index (χ0n) is 21.9. The third kappa shape index (κ3) is 4.47. The second-order valence-corrected chi connectivity index (χ2v) is 10.3. The molecule has 38 heavy (non-hydrogen) atoms. The number of anilines is 3. The standard InChI is InChI=1S/C28H30N8O2/c1-17-12-18(7-10-23(17)38-19-8-9-22-20(13-19)32-16-35(22)4)33-26-25-21(30-15-31-26)14-29-27(34-25)36-11-5-6-24(36)28(2,3)37/h7-10,12-16,24,37H,5-6,11H2,1-4H3,(H,30,31,33)/t24-/m0/s1.